The molecule has 0 saturated carbocycles. The molecule has 0 N–H and O–H groups in total. The van der Waals surface area contributed by atoms with Crippen LogP contribution < -0.4 is 0 Å². The maximum Gasteiger partial charge on any atom is 0.137 e. The summed E-state index contributed by atoms with van der Waals surface area (Å²) in [5.74, 6) is 0. The van der Waals surface area contributed by atoms with Gasteiger partial charge in [-0.15, -0.1) is 0 Å². The number of hydrogen-bond acceptors (Lipinski definition) is 5. The first-order chi connectivity index (χ1) is 19.4. The standard InChI is InChI=1S/C34H34N6/c1-24-30-18-35-19-31(27-6-4-8-32-29(27)7-5-14-36-32)28(30)11-15-39(24)22-26-23-40-21-25(9-10-33(40)37-26)20-38-16-12-34(2,3)13-17-38/h4-11,14-15,18-19,21,23H,1,12-13,16-17,20,22H2,2-3H3. The summed E-state index contributed by atoms with van der Waals surface area (Å²) in [6, 6.07) is 14.7. The number of aromatic nitrogens is 4. The van der Waals surface area contributed by atoms with Gasteiger partial charge in [-0.2, -0.15) is 0 Å². The van der Waals surface area contributed by atoms with Crippen molar-refractivity contribution >= 4 is 28.3 Å². The van der Waals surface area contributed by atoms with Crippen LogP contribution in [0, 0.1) is 5.41 Å². The van der Waals surface area contributed by atoms with Crippen molar-refractivity contribution in [2.75, 3.05) is 13.1 Å². The Balaban J connectivity index is 1.12. The zero-order chi connectivity index (χ0) is 27.3. The molecule has 0 bridgehead atoms. The van der Waals surface area contributed by atoms with Crippen LogP contribution in [0.25, 0.3) is 39.5 Å². The van der Waals surface area contributed by atoms with E-state index < -0.39 is 0 Å². The first kappa shape index (κ1) is 24.7. The largest absolute Gasteiger partial charge is 0.342 e. The smallest absolute Gasteiger partial charge is 0.137 e. The van der Waals surface area contributed by atoms with Crippen LogP contribution >= 0.6 is 0 Å². The number of imidazole rings is 1. The maximum atomic E-state index is 4.91. The molecular weight excluding hydrogens is 492 g/mol. The average Bonchev–Trinajstić information content (AvgIpc) is 3.37. The second-order valence-corrected chi connectivity index (χ2v) is 11.9. The molecule has 40 heavy (non-hydrogen) atoms. The fourth-order valence-electron chi connectivity index (χ4n) is 6.00. The van der Waals surface area contributed by atoms with E-state index in [-0.39, 0.29) is 0 Å². The highest BCUT2D eigenvalue weighted by molar-refractivity contribution is 5.98. The topological polar surface area (TPSA) is 49.6 Å². The lowest BCUT2D eigenvalue weighted by Gasteiger charge is -2.36. The molecule has 2 aliphatic heterocycles. The molecule has 6 heteroatoms. The van der Waals surface area contributed by atoms with E-state index in [9.17, 15) is 0 Å². The number of piperidine rings is 1. The van der Waals surface area contributed by atoms with E-state index in [2.05, 4.69) is 99.6 Å². The third-order valence-electron chi connectivity index (χ3n) is 8.51. The number of nitrogens with zero attached hydrogens (tertiary/aromatic N) is 6. The summed E-state index contributed by atoms with van der Waals surface area (Å²) in [6.45, 7) is 13.2. The number of likely N-dealkylation sites (tertiary alicyclic amines) is 1. The van der Waals surface area contributed by atoms with Crippen LogP contribution in [0.1, 0.15) is 49.1 Å². The van der Waals surface area contributed by atoms with Crippen LogP contribution in [0.2, 0.25) is 0 Å². The van der Waals surface area contributed by atoms with E-state index in [0.717, 1.165) is 56.7 Å². The molecule has 1 fully saturated rings. The molecule has 4 aromatic heterocycles. The number of hydrogen-bond donors (Lipinski definition) is 0. The second-order valence-electron chi connectivity index (χ2n) is 11.9. The van der Waals surface area contributed by atoms with E-state index in [1.54, 1.807) is 0 Å². The van der Waals surface area contributed by atoms with Gasteiger partial charge in [-0.3, -0.25) is 14.9 Å². The minimum atomic E-state index is 0.470. The molecule has 0 atom stereocenters. The van der Waals surface area contributed by atoms with E-state index in [0.29, 0.717) is 12.0 Å². The molecule has 6 heterocycles. The summed E-state index contributed by atoms with van der Waals surface area (Å²) in [5, 5.41) is 1.12. The minimum Gasteiger partial charge on any atom is -0.342 e. The van der Waals surface area contributed by atoms with E-state index in [4.69, 9.17) is 4.98 Å². The van der Waals surface area contributed by atoms with Crippen LogP contribution in [-0.2, 0) is 13.1 Å². The van der Waals surface area contributed by atoms with Gasteiger partial charge in [-0.05, 0) is 72.3 Å². The summed E-state index contributed by atoms with van der Waals surface area (Å²) in [5.41, 5.74) is 10.1. The lowest BCUT2D eigenvalue weighted by atomic mass is 9.82. The fraction of sp³-hybridized carbons (Fsp3) is 0.265. The maximum absolute atomic E-state index is 4.91. The van der Waals surface area contributed by atoms with Gasteiger partial charge >= 0.3 is 0 Å². The Morgan fingerprint density at radius 2 is 1.75 bits per heavy atom. The Bertz CT molecular complexity index is 1760. The molecule has 1 aromatic carbocycles. The Morgan fingerprint density at radius 1 is 0.900 bits per heavy atom. The first-order valence-corrected chi connectivity index (χ1v) is 14.1. The fourth-order valence-corrected chi connectivity index (χ4v) is 6.00. The summed E-state index contributed by atoms with van der Waals surface area (Å²) >= 11 is 0. The minimum absolute atomic E-state index is 0.470. The first-order valence-electron chi connectivity index (χ1n) is 14.1. The third kappa shape index (κ3) is 4.58. The van der Waals surface area contributed by atoms with Crippen molar-refractivity contribution in [3.63, 3.8) is 0 Å². The Hall–Kier alpha value is -4.29. The van der Waals surface area contributed by atoms with Gasteiger partial charge < -0.3 is 9.30 Å². The van der Waals surface area contributed by atoms with Gasteiger partial charge in [-0.25, -0.2) is 4.98 Å². The molecule has 0 unspecified atom stereocenters. The monoisotopic (exact) mass is 526 g/mol. The Morgan fingerprint density at radius 3 is 2.62 bits per heavy atom. The summed E-state index contributed by atoms with van der Waals surface area (Å²) in [4.78, 5) is 18.8. The highest BCUT2D eigenvalue weighted by atomic mass is 15.1. The molecular formula is C34H34N6. The number of rotatable bonds is 5. The van der Waals surface area contributed by atoms with Gasteiger partial charge in [0.15, 0.2) is 0 Å². The van der Waals surface area contributed by atoms with Crippen LogP contribution in [0.3, 0.4) is 0 Å². The zero-order valence-electron chi connectivity index (χ0n) is 23.2. The van der Waals surface area contributed by atoms with Crippen molar-refractivity contribution in [2.45, 2.75) is 39.8 Å². The SMILES string of the molecule is C=C1c2cncc(-c3cccc4ncccc34)c2C=CN1Cc1cn2cc(CN3CCC(C)(C)CC3)ccc2n1. The molecule has 0 spiro atoms. The highest BCUT2D eigenvalue weighted by Crippen LogP contribution is 2.37. The predicted octanol–water partition coefficient (Wildman–Crippen LogP) is 7.02. The van der Waals surface area contributed by atoms with Gasteiger partial charge in [0.2, 0.25) is 0 Å². The van der Waals surface area contributed by atoms with E-state index in [1.807, 2.05) is 30.7 Å². The Kier molecular flexibility index (Phi) is 6.01. The zero-order valence-corrected chi connectivity index (χ0v) is 23.2. The van der Waals surface area contributed by atoms with Crippen molar-refractivity contribution in [3.8, 4) is 11.1 Å². The average molecular weight is 527 g/mol. The summed E-state index contributed by atoms with van der Waals surface area (Å²) in [7, 11) is 0. The Labute approximate surface area is 235 Å². The molecule has 1 saturated heterocycles. The summed E-state index contributed by atoms with van der Waals surface area (Å²) < 4.78 is 2.16. The molecule has 0 radical (unpaired) electrons. The quantitative estimate of drug-likeness (QED) is 0.246. The highest BCUT2D eigenvalue weighted by Gasteiger charge is 2.25. The van der Waals surface area contributed by atoms with Crippen LogP contribution in [0.4, 0.5) is 0 Å². The van der Waals surface area contributed by atoms with Crippen LogP contribution in [0.5, 0.6) is 0 Å². The number of pyridine rings is 3. The van der Waals surface area contributed by atoms with Crippen LogP contribution in [0.15, 0.2) is 86.2 Å². The lowest BCUT2D eigenvalue weighted by molar-refractivity contribution is 0.127. The van der Waals surface area contributed by atoms with Gasteiger partial charge in [0, 0.05) is 65.9 Å². The molecule has 0 amide bonds. The molecule has 5 aromatic rings. The van der Waals surface area contributed by atoms with Gasteiger partial charge in [0.05, 0.1) is 17.8 Å². The molecule has 0 aliphatic carbocycles. The van der Waals surface area contributed by atoms with Gasteiger partial charge in [-0.1, -0.05) is 44.7 Å². The van der Waals surface area contributed by atoms with Crippen LogP contribution in [-0.4, -0.2) is 42.2 Å². The van der Waals surface area contributed by atoms with Crippen molar-refractivity contribution in [3.05, 3.63) is 109 Å². The number of fused-ring (bicyclic) bond motifs is 3. The molecule has 200 valence electrons. The molecule has 6 nitrogen and oxygen atoms in total. The van der Waals surface area contributed by atoms with Gasteiger partial charge in [0.1, 0.15) is 5.65 Å². The normalized spacial score (nSPS) is 17.1. The van der Waals surface area contributed by atoms with Crippen molar-refractivity contribution in [1.29, 1.82) is 0 Å². The summed E-state index contributed by atoms with van der Waals surface area (Å²) in [6.07, 6.45) is 16.9. The molecule has 2 aliphatic rings. The van der Waals surface area contributed by atoms with Crippen molar-refractivity contribution < 1.29 is 0 Å². The van der Waals surface area contributed by atoms with Gasteiger partial charge in [0.25, 0.3) is 0 Å². The predicted molar refractivity (Wildman–Crippen MR) is 162 cm³/mol. The van der Waals surface area contributed by atoms with E-state index >= 15 is 0 Å². The van der Waals surface area contributed by atoms with Crippen molar-refractivity contribution in [2.24, 2.45) is 5.41 Å². The molecule has 7 rings (SSSR count). The lowest BCUT2D eigenvalue weighted by Crippen LogP contribution is -2.36. The third-order valence-corrected chi connectivity index (χ3v) is 8.51. The van der Waals surface area contributed by atoms with Crippen molar-refractivity contribution in [1.82, 2.24) is 29.2 Å². The second kappa shape index (κ2) is 9.72. The number of benzene rings is 1. The van der Waals surface area contributed by atoms with E-state index in [1.165, 1.54) is 31.5 Å².